The van der Waals surface area contributed by atoms with Gasteiger partial charge in [0.15, 0.2) is 0 Å². The standard InChI is InChI=1S/C12H15NO2/c1-8-6-7-13(2)11-9(8)4-3-5-10(11)12(14)15/h3-5,8H,6-7H2,1-2H3,(H,14,15). The first-order valence-electron chi connectivity index (χ1n) is 5.18. The van der Waals surface area contributed by atoms with E-state index in [0.717, 1.165) is 24.2 Å². The van der Waals surface area contributed by atoms with E-state index in [1.807, 2.05) is 24.1 Å². The Labute approximate surface area is 89.3 Å². The zero-order valence-electron chi connectivity index (χ0n) is 9.03. The summed E-state index contributed by atoms with van der Waals surface area (Å²) in [5, 5.41) is 9.12. The largest absolute Gasteiger partial charge is 0.478 e. The molecular weight excluding hydrogens is 190 g/mol. The first kappa shape index (κ1) is 10.0. The molecule has 3 heteroatoms. The first-order chi connectivity index (χ1) is 7.11. The molecule has 1 aliphatic rings. The number of anilines is 1. The van der Waals surface area contributed by atoms with E-state index >= 15 is 0 Å². The highest BCUT2D eigenvalue weighted by Gasteiger charge is 2.24. The molecule has 1 aromatic rings. The first-order valence-corrected chi connectivity index (χ1v) is 5.18. The minimum Gasteiger partial charge on any atom is -0.478 e. The van der Waals surface area contributed by atoms with Crippen LogP contribution in [0.25, 0.3) is 0 Å². The van der Waals surface area contributed by atoms with Crippen molar-refractivity contribution in [1.82, 2.24) is 0 Å². The monoisotopic (exact) mass is 205 g/mol. The van der Waals surface area contributed by atoms with Gasteiger partial charge in [0.25, 0.3) is 0 Å². The van der Waals surface area contributed by atoms with Crippen LogP contribution >= 0.6 is 0 Å². The summed E-state index contributed by atoms with van der Waals surface area (Å²) >= 11 is 0. The summed E-state index contributed by atoms with van der Waals surface area (Å²) in [6.45, 7) is 3.08. The second kappa shape index (κ2) is 3.57. The third-order valence-electron chi connectivity index (χ3n) is 3.11. The number of nitrogens with zero attached hydrogens (tertiary/aromatic N) is 1. The van der Waals surface area contributed by atoms with Crippen LogP contribution in [0, 0.1) is 0 Å². The molecule has 1 N–H and O–H groups in total. The quantitative estimate of drug-likeness (QED) is 0.765. The van der Waals surface area contributed by atoms with Gasteiger partial charge in [-0.1, -0.05) is 19.1 Å². The van der Waals surface area contributed by atoms with E-state index in [4.69, 9.17) is 5.11 Å². The number of hydrogen-bond acceptors (Lipinski definition) is 2. The summed E-state index contributed by atoms with van der Waals surface area (Å²) in [5.74, 6) is -0.386. The molecule has 0 saturated heterocycles. The summed E-state index contributed by atoms with van der Waals surface area (Å²) in [6.07, 6.45) is 1.09. The summed E-state index contributed by atoms with van der Waals surface area (Å²) in [6, 6.07) is 5.54. The van der Waals surface area contributed by atoms with Crippen molar-refractivity contribution >= 4 is 11.7 Å². The second-order valence-electron chi connectivity index (χ2n) is 4.16. The Morgan fingerprint density at radius 1 is 1.53 bits per heavy atom. The highest BCUT2D eigenvalue weighted by molar-refractivity contribution is 5.95. The molecule has 0 amide bonds. The Hall–Kier alpha value is -1.51. The van der Waals surface area contributed by atoms with E-state index in [2.05, 4.69) is 6.92 Å². The van der Waals surface area contributed by atoms with Gasteiger partial charge in [0, 0.05) is 13.6 Å². The molecule has 1 aliphatic heterocycles. The maximum Gasteiger partial charge on any atom is 0.337 e. The molecule has 15 heavy (non-hydrogen) atoms. The van der Waals surface area contributed by atoms with Crippen molar-refractivity contribution in [2.45, 2.75) is 19.3 Å². The fourth-order valence-electron chi connectivity index (χ4n) is 2.21. The number of fused-ring (bicyclic) bond motifs is 1. The van der Waals surface area contributed by atoms with Gasteiger partial charge in [0.2, 0.25) is 0 Å². The average molecular weight is 205 g/mol. The normalized spacial score (nSPS) is 19.9. The SMILES string of the molecule is CC1CCN(C)c2c(C(=O)O)cccc21. The topological polar surface area (TPSA) is 40.5 Å². The van der Waals surface area contributed by atoms with Crippen LogP contribution in [0.1, 0.15) is 35.2 Å². The summed E-state index contributed by atoms with van der Waals surface area (Å²) in [7, 11) is 1.96. The molecular formula is C12H15NO2. The summed E-state index contributed by atoms with van der Waals surface area (Å²) in [5.41, 5.74) is 2.47. The van der Waals surface area contributed by atoms with Crippen molar-refractivity contribution in [2.75, 3.05) is 18.5 Å². The number of carbonyl (C=O) groups is 1. The lowest BCUT2D eigenvalue weighted by molar-refractivity contribution is 0.0697. The number of benzene rings is 1. The Kier molecular flexibility index (Phi) is 2.39. The van der Waals surface area contributed by atoms with Crippen LogP contribution in [0.4, 0.5) is 5.69 Å². The van der Waals surface area contributed by atoms with Gasteiger partial charge in [0.05, 0.1) is 11.3 Å². The van der Waals surface area contributed by atoms with Crippen LogP contribution in [0.3, 0.4) is 0 Å². The summed E-state index contributed by atoms with van der Waals surface area (Å²) in [4.78, 5) is 13.1. The van der Waals surface area contributed by atoms with Crippen LogP contribution < -0.4 is 4.90 Å². The van der Waals surface area contributed by atoms with E-state index in [1.165, 1.54) is 0 Å². The summed E-state index contributed by atoms with van der Waals surface area (Å²) < 4.78 is 0. The maximum atomic E-state index is 11.1. The van der Waals surface area contributed by atoms with Crippen molar-refractivity contribution < 1.29 is 9.90 Å². The van der Waals surface area contributed by atoms with Gasteiger partial charge in [-0.15, -0.1) is 0 Å². The van der Waals surface area contributed by atoms with E-state index in [-0.39, 0.29) is 0 Å². The Morgan fingerprint density at radius 2 is 2.27 bits per heavy atom. The molecule has 0 bridgehead atoms. The predicted octanol–water partition coefficient (Wildman–Crippen LogP) is 2.33. The van der Waals surface area contributed by atoms with Gasteiger partial charge in [-0.3, -0.25) is 0 Å². The fraction of sp³-hybridized carbons (Fsp3) is 0.417. The van der Waals surface area contributed by atoms with E-state index in [0.29, 0.717) is 11.5 Å². The molecule has 0 fully saturated rings. The van der Waals surface area contributed by atoms with Crippen molar-refractivity contribution in [2.24, 2.45) is 0 Å². The number of hydrogen-bond donors (Lipinski definition) is 1. The molecule has 0 spiro atoms. The maximum absolute atomic E-state index is 11.1. The number of rotatable bonds is 1. The van der Waals surface area contributed by atoms with Crippen LogP contribution in [0.15, 0.2) is 18.2 Å². The molecule has 1 heterocycles. The highest BCUT2D eigenvalue weighted by atomic mass is 16.4. The predicted molar refractivity (Wildman–Crippen MR) is 59.7 cm³/mol. The number of carboxylic acid groups (broad SMARTS) is 1. The zero-order valence-corrected chi connectivity index (χ0v) is 9.03. The second-order valence-corrected chi connectivity index (χ2v) is 4.16. The molecule has 0 radical (unpaired) electrons. The van der Waals surface area contributed by atoms with E-state index < -0.39 is 5.97 Å². The number of carboxylic acids is 1. The molecule has 1 atom stereocenters. The van der Waals surface area contributed by atoms with Gasteiger partial charge in [-0.25, -0.2) is 4.79 Å². The molecule has 3 nitrogen and oxygen atoms in total. The number of aromatic carboxylic acids is 1. The highest BCUT2D eigenvalue weighted by Crippen LogP contribution is 2.36. The van der Waals surface area contributed by atoms with Gasteiger partial charge in [-0.05, 0) is 24.0 Å². The Bertz CT molecular complexity index is 401. The van der Waals surface area contributed by atoms with Crippen LogP contribution in [0.5, 0.6) is 0 Å². The van der Waals surface area contributed by atoms with Crippen molar-refractivity contribution in [3.8, 4) is 0 Å². The smallest absolute Gasteiger partial charge is 0.337 e. The third-order valence-corrected chi connectivity index (χ3v) is 3.11. The lowest BCUT2D eigenvalue weighted by atomic mass is 9.89. The van der Waals surface area contributed by atoms with Gasteiger partial charge < -0.3 is 10.0 Å². The van der Waals surface area contributed by atoms with E-state index in [1.54, 1.807) is 6.07 Å². The van der Waals surface area contributed by atoms with Crippen LogP contribution in [-0.4, -0.2) is 24.7 Å². The Morgan fingerprint density at radius 3 is 2.93 bits per heavy atom. The number of para-hydroxylation sites is 1. The minimum atomic E-state index is -0.840. The fourth-order valence-corrected chi connectivity index (χ4v) is 2.21. The molecule has 80 valence electrons. The van der Waals surface area contributed by atoms with Crippen molar-refractivity contribution in [3.63, 3.8) is 0 Å². The zero-order chi connectivity index (χ0) is 11.0. The lowest BCUT2D eigenvalue weighted by Gasteiger charge is -2.32. The minimum absolute atomic E-state index is 0.418. The van der Waals surface area contributed by atoms with Crippen LogP contribution in [0.2, 0.25) is 0 Å². The molecule has 0 aliphatic carbocycles. The van der Waals surface area contributed by atoms with Crippen molar-refractivity contribution in [1.29, 1.82) is 0 Å². The average Bonchev–Trinajstić information content (AvgIpc) is 2.23. The third kappa shape index (κ3) is 1.58. The van der Waals surface area contributed by atoms with E-state index in [9.17, 15) is 4.79 Å². The molecule has 1 aromatic carbocycles. The Balaban J connectivity index is 2.61. The van der Waals surface area contributed by atoms with Gasteiger partial charge in [0.1, 0.15) is 0 Å². The molecule has 0 saturated carbocycles. The van der Waals surface area contributed by atoms with Crippen molar-refractivity contribution in [3.05, 3.63) is 29.3 Å². The van der Waals surface area contributed by atoms with Gasteiger partial charge >= 0.3 is 5.97 Å². The molecule has 2 rings (SSSR count). The van der Waals surface area contributed by atoms with Gasteiger partial charge in [-0.2, -0.15) is 0 Å². The molecule has 0 aromatic heterocycles. The molecule has 1 unspecified atom stereocenters. The lowest BCUT2D eigenvalue weighted by Crippen LogP contribution is -2.28. The van der Waals surface area contributed by atoms with Crippen LogP contribution in [-0.2, 0) is 0 Å².